The highest BCUT2D eigenvalue weighted by Gasteiger charge is 2.25. The van der Waals surface area contributed by atoms with E-state index < -0.39 is 10.0 Å². The molecule has 0 saturated carbocycles. The number of nitrogens with one attached hydrogen (secondary N) is 1. The number of benzene rings is 2. The molecule has 0 aliphatic carbocycles. The monoisotopic (exact) mass is 503 g/mol. The van der Waals surface area contributed by atoms with Gasteiger partial charge in [-0.2, -0.15) is 0 Å². The molecular formula is C29H33N3OS2. The number of nitrogens with zero attached hydrogens (tertiary/aromatic N) is 2. The van der Waals surface area contributed by atoms with E-state index in [1.54, 1.807) is 12.5 Å². The first kappa shape index (κ1) is 24.0. The van der Waals surface area contributed by atoms with Gasteiger partial charge in [0.25, 0.3) is 0 Å². The summed E-state index contributed by atoms with van der Waals surface area (Å²) in [6.45, 7) is 3.13. The highest BCUT2D eigenvalue weighted by Crippen LogP contribution is 2.45. The van der Waals surface area contributed by atoms with Gasteiger partial charge in [-0.15, -0.1) is 11.8 Å². The van der Waals surface area contributed by atoms with Gasteiger partial charge in [0.1, 0.15) is 17.1 Å². The van der Waals surface area contributed by atoms with Crippen molar-refractivity contribution in [3.05, 3.63) is 78.3 Å². The second-order valence-corrected chi connectivity index (χ2v) is 15.5. The molecule has 0 fully saturated rings. The van der Waals surface area contributed by atoms with Gasteiger partial charge in [-0.05, 0) is 77.8 Å². The summed E-state index contributed by atoms with van der Waals surface area (Å²) in [5.74, 6) is 1.70. The topological polar surface area (TPSA) is 51.0 Å². The van der Waals surface area contributed by atoms with Gasteiger partial charge < -0.3 is 9.73 Å². The van der Waals surface area contributed by atoms with Crippen LogP contribution in [0.4, 0.5) is 5.82 Å². The van der Waals surface area contributed by atoms with Gasteiger partial charge in [0.2, 0.25) is 0 Å². The number of thioether (sulfide) groups is 1. The molecule has 2 aromatic carbocycles. The van der Waals surface area contributed by atoms with Crippen molar-refractivity contribution in [1.82, 2.24) is 9.97 Å². The van der Waals surface area contributed by atoms with Crippen LogP contribution < -0.4 is 5.32 Å². The van der Waals surface area contributed by atoms with Gasteiger partial charge in [0, 0.05) is 17.4 Å². The molecule has 1 atom stereocenters. The molecule has 6 heteroatoms. The van der Waals surface area contributed by atoms with Crippen LogP contribution in [0.15, 0.2) is 81.5 Å². The molecule has 0 amide bonds. The Morgan fingerprint density at radius 2 is 1.66 bits per heavy atom. The lowest BCUT2D eigenvalue weighted by atomic mass is 10.0. The molecule has 0 bridgehead atoms. The van der Waals surface area contributed by atoms with Crippen molar-refractivity contribution in [2.24, 2.45) is 0 Å². The van der Waals surface area contributed by atoms with Crippen LogP contribution in [0.5, 0.6) is 0 Å². The molecule has 3 heterocycles. The van der Waals surface area contributed by atoms with Crippen LogP contribution >= 0.6 is 21.8 Å². The first-order valence-electron chi connectivity index (χ1n) is 12.1. The minimum absolute atomic E-state index is 0.531. The predicted octanol–water partition coefficient (Wildman–Crippen LogP) is 7.54. The van der Waals surface area contributed by atoms with E-state index >= 15 is 0 Å². The fourth-order valence-corrected chi connectivity index (χ4v) is 6.40. The van der Waals surface area contributed by atoms with E-state index in [0.717, 1.165) is 48.0 Å². The third-order valence-electron chi connectivity index (χ3n) is 6.34. The summed E-state index contributed by atoms with van der Waals surface area (Å²) < 4.78 is 5.25. The fraction of sp³-hybridized carbons (Fsp3) is 0.310. The maximum absolute atomic E-state index is 5.25. The first-order chi connectivity index (χ1) is 16.9. The molecule has 0 saturated heterocycles. The number of hydrogen-bond donors (Lipinski definition) is 1. The number of aromatic nitrogens is 2. The number of anilines is 1. The Labute approximate surface area is 214 Å². The van der Waals surface area contributed by atoms with Crippen molar-refractivity contribution in [1.29, 1.82) is 0 Å². The van der Waals surface area contributed by atoms with Gasteiger partial charge in [-0.3, -0.25) is 0 Å². The third kappa shape index (κ3) is 5.60. The lowest BCUT2D eigenvalue weighted by Crippen LogP contribution is -2.09. The van der Waals surface area contributed by atoms with Crippen LogP contribution in [-0.2, 0) is 12.8 Å². The minimum atomic E-state index is -0.681. The highest BCUT2D eigenvalue weighted by molar-refractivity contribution is 8.32. The van der Waals surface area contributed by atoms with Crippen LogP contribution in [0.25, 0.3) is 22.5 Å². The number of aryl methyl sites for hydroxylation is 1. The summed E-state index contributed by atoms with van der Waals surface area (Å²) >= 11 is 1.83. The lowest BCUT2D eigenvalue weighted by molar-refractivity contribution is 0.568. The van der Waals surface area contributed by atoms with Crippen molar-refractivity contribution in [2.75, 3.05) is 30.6 Å². The Kier molecular flexibility index (Phi) is 6.94. The van der Waals surface area contributed by atoms with Gasteiger partial charge in [0.15, 0.2) is 5.82 Å². The third-order valence-corrected chi connectivity index (χ3v) is 9.15. The van der Waals surface area contributed by atoms with E-state index in [4.69, 9.17) is 14.4 Å². The number of rotatable bonds is 8. The van der Waals surface area contributed by atoms with Crippen molar-refractivity contribution >= 4 is 27.6 Å². The van der Waals surface area contributed by atoms with E-state index in [2.05, 4.69) is 79.5 Å². The Hall–Kier alpha value is -2.70. The molecule has 0 spiro atoms. The van der Waals surface area contributed by atoms with Crippen LogP contribution in [0.1, 0.15) is 24.5 Å². The minimum Gasteiger partial charge on any atom is -0.472 e. The molecule has 1 aliphatic heterocycles. The van der Waals surface area contributed by atoms with Crippen LogP contribution in [-0.4, -0.2) is 40.5 Å². The summed E-state index contributed by atoms with van der Waals surface area (Å²) in [6, 6.07) is 20.0. The Balaban J connectivity index is 1.20. The maximum atomic E-state index is 5.25. The van der Waals surface area contributed by atoms with Crippen molar-refractivity contribution < 1.29 is 4.42 Å². The molecule has 1 aliphatic rings. The summed E-state index contributed by atoms with van der Waals surface area (Å²) in [7, 11) is -0.681. The highest BCUT2D eigenvalue weighted by atomic mass is 32.3. The van der Waals surface area contributed by atoms with E-state index in [-0.39, 0.29) is 0 Å². The van der Waals surface area contributed by atoms with Gasteiger partial charge in [0.05, 0.1) is 11.8 Å². The molecule has 1 unspecified atom stereocenters. The molecule has 2 aromatic heterocycles. The van der Waals surface area contributed by atoms with Crippen LogP contribution in [0.3, 0.4) is 0 Å². The van der Waals surface area contributed by atoms with Crippen molar-refractivity contribution in [3.63, 3.8) is 0 Å². The number of fused-ring (bicyclic) bond motifs is 1. The summed E-state index contributed by atoms with van der Waals surface area (Å²) in [5.41, 5.74) is 6.09. The summed E-state index contributed by atoms with van der Waals surface area (Å²) in [5, 5.41) is 5.23. The fourth-order valence-electron chi connectivity index (χ4n) is 4.35. The smallest absolute Gasteiger partial charge is 0.165 e. The molecule has 5 rings (SSSR count). The molecule has 1 N–H and O–H groups in total. The SMILES string of the molecule is CC1Cc2c(NCCCc3ccc(-c4ccc(S(C)(C)C)cc4)cc3)nc(-c3ccoc3)nc2S1. The van der Waals surface area contributed by atoms with Gasteiger partial charge >= 0.3 is 0 Å². The predicted molar refractivity (Wildman–Crippen MR) is 151 cm³/mol. The van der Waals surface area contributed by atoms with E-state index in [0.29, 0.717) is 5.25 Å². The second-order valence-electron chi connectivity index (χ2n) is 9.91. The first-order valence-corrected chi connectivity index (χ1v) is 15.8. The Morgan fingerprint density at radius 3 is 2.31 bits per heavy atom. The zero-order chi connectivity index (χ0) is 24.4. The quantitative estimate of drug-likeness (QED) is 0.199. The van der Waals surface area contributed by atoms with Crippen molar-refractivity contribution in [3.8, 4) is 22.5 Å². The second kappa shape index (κ2) is 10.1. The average Bonchev–Trinajstić information content (AvgIpc) is 3.51. The molecule has 4 aromatic rings. The zero-order valence-corrected chi connectivity index (χ0v) is 22.5. The van der Waals surface area contributed by atoms with Crippen LogP contribution in [0.2, 0.25) is 0 Å². The number of hydrogen-bond acceptors (Lipinski definition) is 5. The molecular weight excluding hydrogens is 470 g/mol. The maximum Gasteiger partial charge on any atom is 0.165 e. The van der Waals surface area contributed by atoms with Crippen LogP contribution in [0, 0.1) is 0 Å². The molecule has 4 nitrogen and oxygen atoms in total. The molecule has 182 valence electrons. The number of furan rings is 1. The lowest BCUT2D eigenvalue weighted by Gasteiger charge is -2.25. The summed E-state index contributed by atoms with van der Waals surface area (Å²) in [6.07, 6.45) is 13.5. The standard InChI is InChI=1S/C29H33N3OS2/c1-20-18-26-28(31-27(32-29(26)34-20)24-15-17-33-19-24)30-16-5-6-21-7-9-22(10-8-21)23-11-13-25(14-12-23)35(2,3)4/h7-15,17,19-20H,5-6,16,18H2,1-4H3,(H,30,31,32). The van der Waals surface area contributed by atoms with Gasteiger partial charge in [-0.1, -0.05) is 43.3 Å². The largest absolute Gasteiger partial charge is 0.472 e. The van der Waals surface area contributed by atoms with Gasteiger partial charge in [-0.25, -0.2) is 20.0 Å². The Bertz CT molecular complexity index is 1280. The normalized spacial score (nSPS) is 15.7. The van der Waals surface area contributed by atoms with E-state index in [1.165, 1.54) is 27.1 Å². The van der Waals surface area contributed by atoms with Crippen molar-refractivity contribution in [2.45, 2.75) is 41.4 Å². The Morgan fingerprint density at radius 1 is 0.943 bits per heavy atom. The van der Waals surface area contributed by atoms with E-state index in [9.17, 15) is 0 Å². The zero-order valence-electron chi connectivity index (χ0n) is 20.9. The summed E-state index contributed by atoms with van der Waals surface area (Å²) in [4.78, 5) is 11.1. The van der Waals surface area contributed by atoms with E-state index in [1.807, 2.05) is 17.8 Å². The molecule has 0 radical (unpaired) electrons. The average molecular weight is 504 g/mol. The molecule has 35 heavy (non-hydrogen) atoms.